The van der Waals surface area contributed by atoms with Gasteiger partial charge in [0, 0.05) is 32.1 Å². The van der Waals surface area contributed by atoms with Gasteiger partial charge in [-0.25, -0.2) is 4.79 Å². The number of carbonyl (C=O) groups is 6. The maximum Gasteiger partial charge on any atom is 0.407 e. The van der Waals surface area contributed by atoms with Gasteiger partial charge in [0.2, 0.25) is 17.7 Å². The number of fused-ring (bicyclic) bond motifs is 1. The SMILES string of the molecule is CNC(=O)C1CCOc2ccc(N)cc2C(=O)N[C@@H](CCC(C)=O)C(=O)N[C@@H](CCCCNC(=O)OC(C)(C)C)C(=O)N1. The second-order valence-electron chi connectivity index (χ2n) is 11.3. The number of hydrogen-bond donors (Lipinski definition) is 6. The number of nitrogens with one attached hydrogen (secondary N) is 5. The number of Topliss-reactive ketones (excluding diaryl/α,β-unsaturated/α-hetero) is 1. The van der Waals surface area contributed by atoms with Crippen LogP contribution in [-0.4, -0.2) is 79.4 Å². The van der Waals surface area contributed by atoms with Gasteiger partial charge < -0.3 is 46.6 Å². The van der Waals surface area contributed by atoms with Crippen molar-refractivity contribution in [2.45, 2.75) is 89.9 Å². The Balaban J connectivity index is 2.29. The Kier molecular flexibility index (Phi) is 13.2. The molecule has 1 aromatic carbocycles. The number of likely N-dealkylation sites (N-methyl/N-ethyl adjacent to an activating group) is 1. The predicted octanol–water partition coefficient (Wildman–Crippen LogP) is 0.930. The molecule has 0 aliphatic carbocycles. The molecule has 2 rings (SSSR count). The molecule has 238 valence electrons. The first-order valence-electron chi connectivity index (χ1n) is 14.3. The molecular weight excluding hydrogens is 560 g/mol. The first kappa shape index (κ1) is 34.8. The quantitative estimate of drug-likeness (QED) is 0.175. The number of carbonyl (C=O) groups excluding carboxylic acids is 6. The minimum Gasteiger partial charge on any atom is -0.493 e. The zero-order chi connectivity index (χ0) is 32.2. The molecule has 43 heavy (non-hydrogen) atoms. The highest BCUT2D eigenvalue weighted by Gasteiger charge is 2.31. The second-order valence-corrected chi connectivity index (χ2v) is 11.3. The van der Waals surface area contributed by atoms with Crippen molar-refractivity contribution in [2.24, 2.45) is 0 Å². The van der Waals surface area contributed by atoms with Crippen molar-refractivity contribution in [3.05, 3.63) is 23.8 Å². The van der Waals surface area contributed by atoms with E-state index >= 15 is 0 Å². The molecular formula is C29H44N6O8. The zero-order valence-electron chi connectivity index (χ0n) is 25.5. The molecule has 1 heterocycles. The monoisotopic (exact) mass is 604 g/mol. The number of rotatable bonds is 9. The summed E-state index contributed by atoms with van der Waals surface area (Å²) < 4.78 is 11.0. The van der Waals surface area contributed by atoms with Crippen LogP contribution in [-0.2, 0) is 23.9 Å². The Morgan fingerprint density at radius 1 is 1.02 bits per heavy atom. The summed E-state index contributed by atoms with van der Waals surface area (Å²) in [4.78, 5) is 76.3. The average molecular weight is 605 g/mol. The predicted molar refractivity (Wildman–Crippen MR) is 158 cm³/mol. The largest absolute Gasteiger partial charge is 0.493 e. The summed E-state index contributed by atoms with van der Waals surface area (Å²) in [5, 5.41) is 13.2. The normalized spacial score (nSPS) is 19.7. The lowest BCUT2D eigenvalue weighted by Gasteiger charge is -2.26. The number of ether oxygens (including phenoxy) is 2. The van der Waals surface area contributed by atoms with E-state index in [0.717, 1.165) is 0 Å². The molecule has 0 fully saturated rings. The molecule has 1 aliphatic rings. The van der Waals surface area contributed by atoms with Crippen LogP contribution in [0.1, 0.15) is 76.6 Å². The number of hydrogen-bond acceptors (Lipinski definition) is 9. The molecule has 0 saturated carbocycles. The van der Waals surface area contributed by atoms with Gasteiger partial charge in [0.25, 0.3) is 5.91 Å². The molecule has 0 bridgehead atoms. The third-order valence-electron chi connectivity index (χ3n) is 6.42. The summed E-state index contributed by atoms with van der Waals surface area (Å²) in [6.07, 6.45) is 0.536. The molecule has 0 saturated heterocycles. The van der Waals surface area contributed by atoms with E-state index in [-0.39, 0.29) is 55.9 Å². The summed E-state index contributed by atoms with van der Waals surface area (Å²) in [5.74, 6) is -2.42. The fourth-order valence-electron chi connectivity index (χ4n) is 4.22. The van der Waals surface area contributed by atoms with Crippen LogP contribution in [0.25, 0.3) is 0 Å². The summed E-state index contributed by atoms with van der Waals surface area (Å²) in [6, 6.07) is 1.22. The molecule has 1 unspecified atom stereocenters. The zero-order valence-corrected chi connectivity index (χ0v) is 25.5. The second kappa shape index (κ2) is 16.3. The summed E-state index contributed by atoms with van der Waals surface area (Å²) in [7, 11) is 1.43. The van der Waals surface area contributed by atoms with Crippen molar-refractivity contribution in [3.63, 3.8) is 0 Å². The van der Waals surface area contributed by atoms with Crippen LogP contribution in [0.4, 0.5) is 10.5 Å². The van der Waals surface area contributed by atoms with Crippen molar-refractivity contribution in [1.29, 1.82) is 0 Å². The number of unbranched alkanes of at least 4 members (excludes halogenated alkanes) is 1. The number of nitrogens with two attached hydrogens (primary N) is 1. The molecule has 0 radical (unpaired) electrons. The Bertz CT molecular complexity index is 1180. The molecule has 14 nitrogen and oxygen atoms in total. The molecule has 5 amide bonds. The summed E-state index contributed by atoms with van der Waals surface area (Å²) in [5.41, 5.74) is 5.62. The molecule has 14 heteroatoms. The highest BCUT2D eigenvalue weighted by atomic mass is 16.6. The van der Waals surface area contributed by atoms with E-state index in [0.29, 0.717) is 18.5 Å². The lowest BCUT2D eigenvalue weighted by atomic mass is 10.0. The van der Waals surface area contributed by atoms with Crippen molar-refractivity contribution < 1.29 is 38.2 Å². The van der Waals surface area contributed by atoms with Gasteiger partial charge in [-0.3, -0.25) is 19.2 Å². The lowest BCUT2D eigenvalue weighted by Crippen LogP contribution is -2.57. The van der Waals surface area contributed by atoms with Gasteiger partial charge in [-0.1, -0.05) is 0 Å². The van der Waals surface area contributed by atoms with Crippen molar-refractivity contribution in [3.8, 4) is 5.75 Å². The number of ketones is 1. The van der Waals surface area contributed by atoms with Crippen LogP contribution in [0.15, 0.2) is 18.2 Å². The Morgan fingerprint density at radius 3 is 2.35 bits per heavy atom. The van der Waals surface area contributed by atoms with E-state index in [2.05, 4.69) is 26.6 Å². The fraction of sp³-hybridized carbons (Fsp3) is 0.586. The highest BCUT2D eigenvalue weighted by molar-refractivity contribution is 6.01. The Hall–Kier alpha value is -4.36. The van der Waals surface area contributed by atoms with Gasteiger partial charge in [0.15, 0.2) is 0 Å². The van der Waals surface area contributed by atoms with Gasteiger partial charge in [0.1, 0.15) is 35.3 Å². The first-order valence-corrected chi connectivity index (χ1v) is 14.3. The first-order chi connectivity index (χ1) is 20.2. The smallest absolute Gasteiger partial charge is 0.407 e. The van der Waals surface area contributed by atoms with Crippen molar-refractivity contribution in [2.75, 3.05) is 25.9 Å². The van der Waals surface area contributed by atoms with E-state index < -0.39 is 53.4 Å². The maximum absolute atomic E-state index is 13.4. The van der Waals surface area contributed by atoms with Crippen LogP contribution in [0.3, 0.4) is 0 Å². The molecule has 1 aromatic rings. The summed E-state index contributed by atoms with van der Waals surface area (Å²) >= 11 is 0. The topological polar surface area (TPSA) is 207 Å². The molecule has 3 atom stereocenters. The van der Waals surface area contributed by atoms with Gasteiger partial charge in [-0.15, -0.1) is 0 Å². The van der Waals surface area contributed by atoms with Crippen LogP contribution < -0.4 is 37.1 Å². The maximum atomic E-state index is 13.4. The molecule has 0 aromatic heterocycles. The van der Waals surface area contributed by atoms with Crippen molar-refractivity contribution in [1.82, 2.24) is 26.6 Å². The van der Waals surface area contributed by atoms with E-state index in [1.165, 1.54) is 26.1 Å². The third-order valence-corrected chi connectivity index (χ3v) is 6.42. The number of anilines is 1. The van der Waals surface area contributed by atoms with Crippen LogP contribution in [0.5, 0.6) is 5.75 Å². The third kappa shape index (κ3) is 12.2. The molecule has 0 spiro atoms. The Labute approximate surface area is 251 Å². The van der Waals surface area contributed by atoms with Crippen LogP contribution in [0.2, 0.25) is 0 Å². The molecule has 1 aliphatic heterocycles. The van der Waals surface area contributed by atoms with Gasteiger partial charge in [-0.2, -0.15) is 0 Å². The van der Waals surface area contributed by atoms with E-state index in [9.17, 15) is 28.8 Å². The van der Waals surface area contributed by atoms with E-state index in [4.69, 9.17) is 15.2 Å². The number of amides is 5. The standard InChI is InChI=1S/C29H44N6O8/c1-17(36)9-11-21-27(40)34-20(8-6-7-14-32-28(41)43-29(2,3)4)26(39)35-22(25(38)31-5)13-15-42-23-12-10-18(30)16-19(23)24(37)33-21/h10,12,16,20-22H,6-9,11,13-15,30H2,1-5H3,(H,31,38)(H,32,41)(H,33,37)(H,34,40)(H,35,39)/t20-,21-,22?/m0/s1. The highest BCUT2D eigenvalue weighted by Crippen LogP contribution is 2.22. The van der Waals surface area contributed by atoms with Crippen LogP contribution in [0, 0.1) is 0 Å². The number of alkyl carbamates (subject to hydrolysis) is 1. The molecule has 7 N–H and O–H groups in total. The number of nitrogen functional groups attached to an aromatic ring is 1. The minimum absolute atomic E-state index is 0.00456. The van der Waals surface area contributed by atoms with Gasteiger partial charge in [0.05, 0.1) is 12.2 Å². The lowest BCUT2D eigenvalue weighted by molar-refractivity contribution is -0.133. The van der Waals surface area contributed by atoms with Crippen molar-refractivity contribution >= 4 is 41.2 Å². The summed E-state index contributed by atoms with van der Waals surface area (Å²) in [6.45, 7) is 6.87. The van der Waals surface area contributed by atoms with E-state index in [1.807, 2.05) is 0 Å². The van der Waals surface area contributed by atoms with Gasteiger partial charge in [-0.05, 0) is 71.6 Å². The average Bonchev–Trinajstić information content (AvgIpc) is 2.92. The minimum atomic E-state index is -1.16. The fourth-order valence-corrected chi connectivity index (χ4v) is 4.22. The van der Waals surface area contributed by atoms with Crippen LogP contribution >= 0.6 is 0 Å². The Morgan fingerprint density at radius 2 is 1.70 bits per heavy atom. The van der Waals surface area contributed by atoms with E-state index in [1.54, 1.807) is 26.8 Å². The number of benzene rings is 1. The van der Waals surface area contributed by atoms with Gasteiger partial charge >= 0.3 is 6.09 Å².